The zero-order valence-corrected chi connectivity index (χ0v) is 10.8. The predicted molar refractivity (Wildman–Crippen MR) is 61.1 cm³/mol. The molecular weight excluding hydrogens is 192 g/mol. The Morgan fingerprint density at radius 2 is 1.80 bits per heavy atom. The summed E-state index contributed by atoms with van der Waals surface area (Å²) in [5, 5.41) is 0. The van der Waals surface area contributed by atoms with E-state index in [4.69, 9.17) is 5.90 Å². The lowest BCUT2D eigenvalue weighted by atomic mass is 9.79. The molecular formula is C11H24N2O2. The SMILES string of the molecule is CCN(C)C(C)(C)CC(C)(C)C(=O)ON. The lowest BCUT2D eigenvalue weighted by molar-refractivity contribution is -0.156. The number of carbonyl (C=O) groups is 1. The second kappa shape index (κ2) is 4.94. The van der Waals surface area contributed by atoms with E-state index in [1.807, 2.05) is 20.9 Å². The second-order valence-electron chi connectivity index (χ2n) is 5.29. The molecule has 0 spiro atoms. The van der Waals surface area contributed by atoms with E-state index in [1.165, 1.54) is 0 Å². The van der Waals surface area contributed by atoms with Gasteiger partial charge in [-0.3, -0.25) is 0 Å². The van der Waals surface area contributed by atoms with Crippen molar-refractivity contribution in [2.45, 2.75) is 46.6 Å². The van der Waals surface area contributed by atoms with Crippen LogP contribution in [0.2, 0.25) is 0 Å². The fraction of sp³-hybridized carbons (Fsp3) is 0.909. The van der Waals surface area contributed by atoms with Gasteiger partial charge in [-0.1, -0.05) is 6.92 Å². The Kier molecular flexibility index (Phi) is 4.74. The molecule has 15 heavy (non-hydrogen) atoms. The molecule has 4 nitrogen and oxygen atoms in total. The molecule has 0 saturated carbocycles. The Hall–Kier alpha value is -0.610. The Labute approximate surface area is 92.7 Å². The second-order valence-corrected chi connectivity index (χ2v) is 5.29. The van der Waals surface area contributed by atoms with Crippen molar-refractivity contribution in [1.29, 1.82) is 0 Å². The fourth-order valence-corrected chi connectivity index (χ4v) is 1.88. The minimum atomic E-state index is -0.554. The molecule has 0 unspecified atom stereocenters. The number of hydrogen-bond acceptors (Lipinski definition) is 4. The normalized spacial score (nSPS) is 13.1. The monoisotopic (exact) mass is 216 g/mol. The largest absolute Gasteiger partial charge is 0.373 e. The molecule has 0 heterocycles. The number of rotatable bonds is 5. The van der Waals surface area contributed by atoms with Gasteiger partial charge in [0, 0.05) is 5.54 Å². The van der Waals surface area contributed by atoms with Gasteiger partial charge in [0.05, 0.1) is 5.41 Å². The first-order valence-corrected chi connectivity index (χ1v) is 5.30. The summed E-state index contributed by atoms with van der Waals surface area (Å²) < 4.78 is 0. The molecule has 0 aromatic carbocycles. The first-order valence-electron chi connectivity index (χ1n) is 5.30. The average molecular weight is 216 g/mol. The quantitative estimate of drug-likeness (QED) is 0.708. The van der Waals surface area contributed by atoms with Crippen LogP contribution in [0, 0.1) is 5.41 Å². The van der Waals surface area contributed by atoms with Crippen LogP contribution in [0.5, 0.6) is 0 Å². The van der Waals surface area contributed by atoms with Crippen LogP contribution in [0.1, 0.15) is 41.0 Å². The zero-order chi connectivity index (χ0) is 12.3. The van der Waals surface area contributed by atoms with Crippen molar-refractivity contribution in [3.8, 4) is 0 Å². The molecule has 0 aliphatic heterocycles. The zero-order valence-electron chi connectivity index (χ0n) is 10.8. The van der Waals surface area contributed by atoms with E-state index in [0.29, 0.717) is 6.42 Å². The number of carbonyl (C=O) groups excluding carboxylic acids is 1. The van der Waals surface area contributed by atoms with Crippen molar-refractivity contribution in [3.05, 3.63) is 0 Å². The predicted octanol–water partition coefficient (Wildman–Crippen LogP) is 1.55. The maximum Gasteiger partial charge on any atom is 0.330 e. The third kappa shape index (κ3) is 3.80. The highest BCUT2D eigenvalue weighted by Crippen LogP contribution is 2.31. The Morgan fingerprint density at radius 1 is 1.33 bits per heavy atom. The highest BCUT2D eigenvalue weighted by Gasteiger charge is 2.37. The average Bonchev–Trinajstić information content (AvgIpc) is 2.13. The summed E-state index contributed by atoms with van der Waals surface area (Å²) in [6, 6.07) is 0. The van der Waals surface area contributed by atoms with Gasteiger partial charge in [0.1, 0.15) is 0 Å². The van der Waals surface area contributed by atoms with Crippen LogP contribution in [0.25, 0.3) is 0 Å². The van der Waals surface area contributed by atoms with E-state index < -0.39 is 5.41 Å². The molecule has 0 aromatic heterocycles. The smallest absolute Gasteiger partial charge is 0.330 e. The van der Waals surface area contributed by atoms with Crippen LogP contribution in [0.15, 0.2) is 0 Å². The van der Waals surface area contributed by atoms with Gasteiger partial charge in [0.2, 0.25) is 0 Å². The van der Waals surface area contributed by atoms with Crippen molar-refractivity contribution in [3.63, 3.8) is 0 Å². The van der Waals surface area contributed by atoms with Crippen LogP contribution in [0.4, 0.5) is 0 Å². The summed E-state index contributed by atoms with van der Waals surface area (Å²) in [6.45, 7) is 11.0. The molecule has 90 valence electrons. The van der Waals surface area contributed by atoms with Crippen LogP contribution in [-0.2, 0) is 9.63 Å². The van der Waals surface area contributed by atoms with Gasteiger partial charge in [0.15, 0.2) is 0 Å². The fourth-order valence-electron chi connectivity index (χ4n) is 1.88. The Bertz CT molecular complexity index is 225. The van der Waals surface area contributed by atoms with Crippen molar-refractivity contribution in [1.82, 2.24) is 4.90 Å². The highest BCUT2D eigenvalue weighted by atomic mass is 16.7. The minimum absolute atomic E-state index is 0.0492. The molecule has 0 aromatic rings. The van der Waals surface area contributed by atoms with Crippen LogP contribution in [0.3, 0.4) is 0 Å². The molecule has 0 bridgehead atoms. The van der Waals surface area contributed by atoms with Crippen LogP contribution < -0.4 is 5.90 Å². The summed E-state index contributed by atoms with van der Waals surface area (Å²) in [7, 11) is 2.05. The highest BCUT2D eigenvalue weighted by molar-refractivity contribution is 5.75. The lowest BCUT2D eigenvalue weighted by Gasteiger charge is -2.39. The van der Waals surface area contributed by atoms with E-state index in [-0.39, 0.29) is 11.5 Å². The van der Waals surface area contributed by atoms with Gasteiger partial charge in [-0.05, 0) is 47.7 Å². The van der Waals surface area contributed by atoms with Gasteiger partial charge in [0.25, 0.3) is 0 Å². The maximum atomic E-state index is 11.5. The standard InChI is InChI=1S/C11H24N2O2/c1-7-13(6)11(4,5)8-10(2,3)9(14)15-12/h7-8,12H2,1-6H3. The summed E-state index contributed by atoms with van der Waals surface area (Å²) >= 11 is 0. The van der Waals surface area contributed by atoms with Crippen molar-refractivity contribution < 1.29 is 9.63 Å². The number of hydrogen-bond donors (Lipinski definition) is 1. The maximum absolute atomic E-state index is 11.5. The van der Waals surface area contributed by atoms with Gasteiger partial charge >= 0.3 is 5.97 Å². The lowest BCUT2D eigenvalue weighted by Crippen LogP contribution is -2.46. The summed E-state index contributed by atoms with van der Waals surface area (Å²) in [5.41, 5.74) is -0.603. The third-order valence-electron chi connectivity index (χ3n) is 3.04. The third-order valence-corrected chi connectivity index (χ3v) is 3.04. The van der Waals surface area contributed by atoms with Crippen molar-refractivity contribution in [2.75, 3.05) is 13.6 Å². The van der Waals surface area contributed by atoms with E-state index in [2.05, 4.69) is 30.5 Å². The molecule has 0 saturated heterocycles. The Balaban J connectivity index is 4.63. The van der Waals surface area contributed by atoms with E-state index >= 15 is 0 Å². The first-order chi connectivity index (χ1) is 6.67. The first kappa shape index (κ1) is 14.4. The molecule has 0 rings (SSSR count). The molecule has 4 heteroatoms. The topological polar surface area (TPSA) is 55.6 Å². The van der Waals surface area contributed by atoms with Gasteiger partial charge in [-0.25, -0.2) is 4.79 Å². The van der Waals surface area contributed by atoms with E-state index in [1.54, 1.807) is 0 Å². The van der Waals surface area contributed by atoms with Gasteiger partial charge < -0.3 is 9.74 Å². The van der Waals surface area contributed by atoms with E-state index in [9.17, 15) is 4.79 Å². The van der Waals surface area contributed by atoms with Crippen molar-refractivity contribution in [2.24, 2.45) is 11.3 Å². The molecule has 0 atom stereocenters. The molecule has 0 aliphatic carbocycles. The van der Waals surface area contributed by atoms with Crippen molar-refractivity contribution >= 4 is 5.97 Å². The summed E-state index contributed by atoms with van der Waals surface area (Å²) in [4.78, 5) is 18.0. The van der Waals surface area contributed by atoms with Crippen LogP contribution >= 0.6 is 0 Å². The molecule has 2 N–H and O–H groups in total. The molecule has 0 fully saturated rings. The number of nitrogens with zero attached hydrogens (tertiary/aromatic N) is 1. The summed E-state index contributed by atoms with van der Waals surface area (Å²) in [6.07, 6.45) is 0.709. The number of nitrogens with two attached hydrogens (primary N) is 1. The molecule has 0 aliphatic rings. The molecule has 0 amide bonds. The van der Waals surface area contributed by atoms with Gasteiger partial charge in [-0.2, -0.15) is 5.90 Å². The van der Waals surface area contributed by atoms with Gasteiger partial charge in [-0.15, -0.1) is 0 Å². The van der Waals surface area contributed by atoms with E-state index in [0.717, 1.165) is 6.54 Å². The Morgan fingerprint density at radius 3 is 2.13 bits per heavy atom. The summed E-state index contributed by atoms with van der Waals surface area (Å²) in [5.74, 6) is 4.56. The van der Waals surface area contributed by atoms with Crippen LogP contribution in [-0.4, -0.2) is 30.0 Å². The minimum Gasteiger partial charge on any atom is -0.373 e. The molecule has 0 radical (unpaired) electrons.